The summed E-state index contributed by atoms with van der Waals surface area (Å²) in [5, 5.41) is 6.92. The van der Waals surface area contributed by atoms with Crippen LogP contribution in [0.2, 0.25) is 0 Å². The number of benzene rings is 1. The highest BCUT2D eigenvalue weighted by Crippen LogP contribution is 2.20. The Labute approximate surface area is 150 Å². The molecule has 1 N–H and O–H groups in total. The third-order valence-corrected chi connectivity index (χ3v) is 3.89. The lowest BCUT2D eigenvalue weighted by Gasteiger charge is -2.11. The maximum Gasteiger partial charge on any atom is 0.279 e. The minimum absolute atomic E-state index is 0.0391. The number of rotatable bonds is 5. The van der Waals surface area contributed by atoms with Gasteiger partial charge in [-0.3, -0.25) is 14.6 Å². The van der Waals surface area contributed by atoms with Crippen LogP contribution in [0.1, 0.15) is 15.9 Å². The van der Waals surface area contributed by atoms with E-state index in [2.05, 4.69) is 15.4 Å². The maximum absolute atomic E-state index is 12.7. The van der Waals surface area contributed by atoms with Crippen molar-refractivity contribution in [2.45, 2.75) is 6.54 Å². The Hall–Kier alpha value is -3.48. The van der Waals surface area contributed by atoms with E-state index in [1.54, 1.807) is 37.7 Å². The fraction of sp³-hybridized carbons (Fsp3) is 0.158. The molecule has 0 radical (unpaired) electrons. The summed E-state index contributed by atoms with van der Waals surface area (Å²) >= 11 is 0. The highest BCUT2D eigenvalue weighted by Gasteiger charge is 2.15. The van der Waals surface area contributed by atoms with Crippen LogP contribution in [0.15, 0.2) is 59.7 Å². The van der Waals surface area contributed by atoms with Crippen LogP contribution < -0.4 is 15.6 Å². The molecule has 0 unspecified atom stereocenters. The zero-order valence-electron chi connectivity index (χ0n) is 14.5. The van der Waals surface area contributed by atoms with Gasteiger partial charge in [0, 0.05) is 25.0 Å². The molecule has 0 fully saturated rings. The molecule has 0 saturated carbocycles. The summed E-state index contributed by atoms with van der Waals surface area (Å²) in [4.78, 5) is 28.8. The van der Waals surface area contributed by atoms with E-state index in [0.29, 0.717) is 11.4 Å². The van der Waals surface area contributed by atoms with Crippen LogP contribution in [0.3, 0.4) is 0 Å². The number of methoxy groups -OCH3 is 1. The Kier molecular flexibility index (Phi) is 5.07. The monoisotopic (exact) mass is 350 g/mol. The van der Waals surface area contributed by atoms with Crippen LogP contribution in [0.5, 0.6) is 5.75 Å². The predicted octanol–water partition coefficient (Wildman–Crippen LogP) is 1.72. The van der Waals surface area contributed by atoms with Gasteiger partial charge in [-0.15, -0.1) is 0 Å². The first-order valence-corrected chi connectivity index (χ1v) is 8.00. The van der Waals surface area contributed by atoms with E-state index in [-0.39, 0.29) is 12.1 Å². The molecule has 0 saturated heterocycles. The molecule has 7 heteroatoms. The zero-order valence-corrected chi connectivity index (χ0v) is 14.5. The minimum Gasteiger partial charge on any atom is -0.497 e. The van der Waals surface area contributed by atoms with Crippen LogP contribution in [0.4, 0.5) is 0 Å². The number of amides is 1. The van der Waals surface area contributed by atoms with Crippen LogP contribution in [0.25, 0.3) is 11.3 Å². The van der Waals surface area contributed by atoms with Gasteiger partial charge in [0.05, 0.1) is 19.3 Å². The smallest absolute Gasteiger partial charge is 0.279 e. The van der Waals surface area contributed by atoms with E-state index in [4.69, 9.17) is 4.74 Å². The number of ether oxygens (including phenoxy) is 1. The molecule has 0 atom stereocenters. The lowest BCUT2D eigenvalue weighted by Crippen LogP contribution is -2.33. The van der Waals surface area contributed by atoms with E-state index in [1.807, 2.05) is 18.2 Å². The summed E-state index contributed by atoms with van der Waals surface area (Å²) in [6.45, 7) is 0.223. The fourth-order valence-electron chi connectivity index (χ4n) is 2.51. The average Bonchev–Trinajstić information content (AvgIpc) is 2.70. The number of pyridine rings is 1. The zero-order chi connectivity index (χ0) is 18.5. The average molecular weight is 350 g/mol. The first kappa shape index (κ1) is 17.3. The van der Waals surface area contributed by atoms with Crippen LogP contribution in [-0.2, 0) is 6.54 Å². The van der Waals surface area contributed by atoms with Crippen molar-refractivity contribution in [1.82, 2.24) is 20.1 Å². The molecule has 2 aromatic heterocycles. The quantitative estimate of drug-likeness (QED) is 0.757. The van der Waals surface area contributed by atoms with Gasteiger partial charge in [0.2, 0.25) is 0 Å². The van der Waals surface area contributed by atoms with Gasteiger partial charge in [-0.2, -0.15) is 5.10 Å². The molecule has 3 aromatic rings. The van der Waals surface area contributed by atoms with Crippen molar-refractivity contribution in [3.63, 3.8) is 0 Å². The van der Waals surface area contributed by atoms with Crippen molar-refractivity contribution in [1.29, 1.82) is 0 Å². The van der Waals surface area contributed by atoms with Gasteiger partial charge in [0.1, 0.15) is 11.3 Å². The molecule has 7 nitrogen and oxygen atoms in total. The largest absolute Gasteiger partial charge is 0.497 e. The number of hydrogen-bond donors (Lipinski definition) is 1. The highest BCUT2D eigenvalue weighted by molar-refractivity contribution is 5.94. The van der Waals surface area contributed by atoms with Crippen molar-refractivity contribution in [3.05, 3.63) is 76.3 Å². The minimum atomic E-state index is -0.453. The van der Waals surface area contributed by atoms with Crippen molar-refractivity contribution in [2.75, 3.05) is 14.2 Å². The molecule has 1 aromatic carbocycles. The van der Waals surface area contributed by atoms with Gasteiger partial charge in [-0.1, -0.05) is 6.07 Å². The Morgan fingerprint density at radius 1 is 1.23 bits per heavy atom. The Bertz CT molecular complexity index is 966. The molecule has 3 rings (SSSR count). The van der Waals surface area contributed by atoms with Crippen LogP contribution >= 0.6 is 0 Å². The lowest BCUT2D eigenvalue weighted by atomic mass is 10.1. The number of nitrogens with zero attached hydrogens (tertiary/aromatic N) is 3. The van der Waals surface area contributed by atoms with E-state index >= 15 is 0 Å². The Balaban J connectivity index is 2.10. The molecular weight excluding hydrogens is 332 g/mol. The van der Waals surface area contributed by atoms with Crippen molar-refractivity contribution in [2.24, 2.45) is 0 Å². The van der Waals surface area contributed by atoms with Gasteiger partial charge < -0.3 is 10.1 Å². The number of carbonyl (C=O) groups excluding carboxylic acids is 1. The van der Waals surface area contributed by atoms with Gasteiger partial charge in [-0.25, -0.2) is 4.68 Å². The number of hydrogen-bond acceptors (Lipinski definition) is 5. The summed E-state index contributed by atoms with van der Waals surface area (Å²) in [7, 11) is 3.08. The molecule has 1 amide bonds. The second-order valence-electron chi connectivity index (χ2n) is 5.57. The van der Waals surface area contributed by atoms with Gasteiger partial charge in [-0.05, 0) is 42.0 Å². The summed E-state index contributed by atoms with van der Waals surface area (Å²) < 4.78 is 6.44. The van der Waals surface area contributed by atoms with Gasteiger partial charge >= 0.3 is 0 Å². The van der Waals surface area contributed by atoms with Gasteiger partial charge in [0.15, 0.2) is 0 Å². The molecule has 0 bridgehead atoms. The first-order chi connectivity index (χ1) is 12.6. The number of nitrogens with one attached hydrogen (secondary N) is 1. The van der Waals surface area contributed by atoms with Crippen molar-refractivity contribution in [3.8, 4) is 17.0 Å². The molecule has 0 aliphatic heterocycles. The van der Waals surface area contributed by atoms with E-state index in [9.17, 15) is 9.59 Å². The molecular formula is C19H18N4O3. The topological polar surface area (TPSA) is 86.1 Å². The third kappa shape index (κ3) is 3.61. The molecule has 2 heterocycles. The van der Waals surface area contributed by atoms with Crippen LogP contribution in [0, 0.1) is 0 Å². The summed E-state index contributed by atoms with van der Waals surface area (Å²) in [5.41, 5.74) is 1.70. The second-order valence-corrected chi connectivity index (χ2v) is 5.57. The molecule has 0 aliphatic carbocycles. The molecule has 26 heavy (non-hydrogen) atoms. The molecule has 132 valence electrons. The first-order valence-electron chi connectivity index (χ1n) is 8.00. The summed E-state index contributed by atoms with van der Waals surface area (Å²) in [5.74, 6) is 0.260. The normalized spacial score (nSPS) is 10.4. The fourth-order valence-corrected chi connectivity index (χ4v) is 2.51. The van der Waals surface area contributed by atoms with E-state index in [0.717, 1.165) is 11.1 Å². The summed E-state index contributed by atoms with van der Waals surface area (Å²) in [6.07, 6.45) is 3.32. The highest BCUT2D eigenvalue weighted by atomic mass is 16.5. The maximum atomic E-state index is 12.7. The van der Waals surface area contributed by atoms with E-state index in [1.165, 1.54) is 17.8 Å². The Morgan fingerprint density at radius 2 is 2.00 bits per heavy atom. The number of carbonyl (C=O) groups is 1. The Morgan fingerprint density at radius 3 is 2.62 bits per heavy atom. The van der Waals surface area contributed by atoms with Crippen molar-refractivity contribution >= 4 is 5.91 Å². The second kappa shape index (κ2) is 7.60. The SMILES string of the molecule is CNC(=O)c1cc(-c2ccc(OC)cc2)nn(Cc2cccnc2)c1=O. The third-order valence-electron chi connectivity index (χ3n) is 3.89. The number of aromatic nitrogens is 3. The van der Waals surface area contributed by atoms with Crippen LogP contribution in [-0.4, -0.2) is 34.8 Å². The molecule has 0 aliphatic rings. The summed E-state index contributed by atoms with van der Waals surface area (Å²) in [6, 6.07) is 12.4. The van der Waals surface area contributed by atoms with Crippen molar-refractivity contribution < 1.29 is 9.53 Å². The molecule has 0 spiro atoms. The van der Waals surface area contributed by atoms with E-state index < -0.39 is 11.5 Å². The lowest BCUT2D eigenvalue weighted by molar-refractivity contribution is 0.0960. The predicted molar refractivity (Wildman–Crippen MR) is 97.2 cm³/mol. The van der Waals surface area contributed by atoms with Gasteiger partial charge in [0.25, 0.3) is 11.5 Å². The standard InChI is InChI=1S/C19H18N4O3/c1-20-18(24)16-10-17(14-5-7-15(26-2)8-6-14)22-23(19(16)25)12-13-4-3-9-21-11-13/h3-11H,12H2,1-2H3,(H,20,24).